The summed E-state index contributed by atoms with van der Waals surface area (Å²) in [6, 6.07) is 14.7. The van der Waals surface area contributed by atoms with E-state index in [4.69, 9.17) is 19.2 Å². The number of para-hydroxylation sites is 1. The van der Waals surface area contributed by atoms with Crippen LogP contribution >= 0.6 is 0 Å². The minimum Gasteiger partial charge on any atom is -0.497 e. The Morgan fingerprint density at radius 1 is 1.03 bits per heavy atom. The normalized spacial score (nSPS) is 22.4. The number of rotatable bonds is 5. The summed E-state index contributed by atoms with van der Waals surface area (Å²) in [5.41, 5.74) is 1.89. The van der Waals surface area contributed by atoms with E-state index in [0.29, 0.717) is 18.0 Å². The highest BCUT2D eigenvalue weighted by Crippen LogP contribution is 2.55. The van der Waals surface area contributed by atoms with Crippen LogP contribution in [0, 0.1) is 0 Å². The molecule has 9 nitrogen and oxygen atoms in total. The number of nitrogens with zero attached hydrogens (tertiary/aromatic N) is 3. The number of fused-ring (bicyclic) bond motifs is 1. The van der Waals surface area contributed by atoms with Crippen molar-refractivity contribution in [3.8, 4) is 5.75 Å². The number of ether oxygens (including phenoxy) is 3. The van der Waals surface area contributed by atoms with Gasteiger partial charge in [-0.2, -0.15) is 0 Å². The number of aliphatic imine (C=N–C) groups is 1. The standard InChI is InChI=1S/C27H27N3O6/c1-29-19-8-6-5-7-18(19)27-14-13-20(31)30(15-16-9-11-17(34-2)12-10-16)26(27)28-22(25(33)36-4)21(23(27)29)24(32)35-3/h5-12,23H,13-15H2,1-4H3. The van der Waals surface area contributed by atoms with E-state index in [2.05, 4.69) is 0 Å². The molecule has 0 radical (unpaired) electrons. The summed E-state index contributed by atoms with van der Waals surface area (Å²) in [6.45, 7) is 0.254. The van der Waals surface area contributed by atoms with Crippen molar-refractivity contribution < 1.29 is 28.6 Å². The molecule has 2 unspecified atom stereocenters. The zero-order valence-corrected chi connectivity index (χ0v) is 20.6. The van der Waals surface area contributed by atoms with Crippen LogP contribution in [0.3, 0.4) is 0 Å². The maximum absolute atomic E-state index is 13.4. The van der Waals surface area contributed by atoms with Gasteiger partial charge in [-0.15, -0.1) is 0 Å². The first kappa shape index (κ1) is 23.6. The Balaban J connectivity index is 1.75. The fourth-order valence-corrected chi connectivity index (χ4v) is 5.74. The molecule has 3 heterocycles. The van der Waals surface area contributed by atoms with Crippen molar-refractivity contribution in [3.63, 3.8) is 0 Å². The molecule has 1 saturated heterocycles. The van der Waals surface area contributed by atoms with Crippen LogP contribution in [0.2, 0.25) is 0 Å². The Bertz CT molecular complexity index is 1320. The summed E-state index contributed by atoms with van der Waals surface area (Å²) in [7, 11) is 5.99. The Labute approximate surface area is 208 Å². The van der Waals surface area contributed by atoms with E-state index >= 15 is 0 Å². The first-order valence-corrected chi connectivity index (χ1v) is 11.6. The van der Waals surface area contributed by atoms with E-state index in [1.807, 2.05) is 60.5 Å². The van der Waals surface area contributed by atoms with Crippen LogP contribution in [0.1, 0.15) is 24.0 Å². The molecule has 1 fully saturated rings. The largest absolute Gasteiger partial charge is 0.497 e. The highest BCUT2D eigenvalue weighted by atomic mass is 16.5. The van der Waals surface area contributed by atoms with Crippen LogP contribution in [0.15, 0.2) is 64.8 Å². The minimum absolute atomic E-state index is 0.105. The third-order valence-electron chi connectivity index (χ3n) is 7.34. The molecule has 3 aliphatic heterocycles. The highest BCUT2D eigenvalue weighted by Gasteiger charge is 2.62. The Hall–Kier alpha value is -4.14. The number of methoxy groups -OCH3 is 3. The highest BCUT2D eigenvalue weighted by molar-refractivity contribution is 6.15. The van der Waals surface area contributed by atoms with E-state index in [0.717, 1.165) is 16.8 Å². The van der Waals surface area contributed by atoms with Gasteiger partial charge in [0.05, 0.1) is 44.9 Å². The van der Waals surface area contributed by atoms with Crippen LogP contribution in [-0.2, 0) is 35.8 Å². The van der Waals surface area contributed by atoms with Gasteiger partial charge in [-0.3, -0.25) is 9.69 Å². The van der Waals surface area contributed by atoms with Crippen LogP contribution in [0.5, 0.6) is 5.75 Å². The summed E-state index contributed by atoms with van der Waals surface area (Å²) in [5, 5.41) is 0. The summed E-state index contributed by atoms with van der Waals surface area (Å²) in [4.78, 5) is 47.7. The molecule has 2 aromatic rings. The van der Waals surface area contributed by atoms with E-state index in [1.54, 1.807) is 12.0 Å². The molecule has 186 valence electrons. The van der Waals surface area contributed by atoms with Crippen molar-refractivity contribution >= 4 is 29.4 Å². The number of carbonyl (C=O) groups is 3. The summed E-state index contributed by atoms with van der Waals surface area (Å²) < 4.78 is 15.4. The topological polar surface area (TPSA) is 97.7 Å². The molecule has 5 rings (SSSR count). The zero-order chi connectivity index (χ0) is 25.6. The second-order valence-electron chi connectivity index (χ2n) is 9.01. The van der Waals surface area contributed by atoms with Gasteiger partial charge in [0, 0.05) is 19.2 Å². The molecule has 3 aliphatic rings. The lowest BCUT2D eigenvalue weighted by molar-refractivity contribution is -0.140. The number of hydrogen-bond acceptors (Lipinski definition) is 8. The van der Waals surface area contributed by atoms with Crippen molar-refractivity contribution in [2.45, 2.75) is 30.8 Å². The molecule has 9 heteroatoms. The number of likely N-dealkylation sites (N-methyl/N-ethyl adjacent to an activating group) is 1. The summed E-state index contributed by atoms with van der Waals surface area (Å²) in [5.74, 6) is -0.375. The number of benzene rings is 2. The number of hydrogen-bond donors (Lipinski definition) is 0. The smallest absolute Gasteiger partial charge is 0.357 e. The van der Waals surface area contributed by atoms with Gasteiger partial charge in [0.15, 0.2) is 5.70 Å². The summed E-state index contributed by atoms with van der Waals surface area (Å²) in [6.07, 6.45) is 0.695. The molecular formula is C27H27N3O6. The first-order valence-electron chi connectivity index (χ1n) is 11.6. The average Bonchev–Trinajstić information content (AvgIpc) is 3.17. The quantitative estimate of drug-likeness (QED) is 0.596. The maximum atomic E-state index is 13.4. The first-order chi connectivity index (χ1) is 17.4. The monoisotopic (exact) mass is 489 g/mol. The molecule has 0 aliphatic carbocycles. The Morgan fingerprint density at radius 3 is 2.39 bits per heavy atom. The lowest BCUT2D eigenvalue weighted by Crippen LogP contribution is -2.62. The molecule has 0 N–H and O–H groups in total. The van der Waals surface area contributed by atoms with Crippen molar-refractivity contribution in [3.05, 3.63) is 70.9 Å². The fourth-order valence-electron chi connectivity index (χ4n) is 5.74. The van der Waals surface area contributed by atoms with Gasteiger partial charge in [-0.25, -0.2) is 14.6 Å². The van der Waals surface area contributed by atoms with Gasteiger partial charge in [0.2, 0.25) is 5.91 Å². The van der Waals surface area contributed by atoms with Gasteiger partial charge in [0.1, 0.15) is 11.6 Å². The van der Waals surface area contributed by atoms with Gasteiger partial charge in [0.25, 0.3) is 0 Å². The number of amides is 1. The number of esters is 2. The second kappa shape index (κ2) is 8.82. The van der Waals surface area contributed by atoms with Gasteiger partial charge in [-0.05, 0) is 35.7 Å². The predicted molar refractivity (Wildman–Crippen MR) is 132 cm³/mol. The number of anilines is 1. The van der Waals surface area contributed by atoms with E-state index < -0.39 is 23.4 Å². The van der Waals surface area contributed by atoms with Crippen LogP contribution in [-0.4, -0.2) is 63.0 Å². The SMILES string of the molecule is COC(=O)C1=C(C(=O)OC)C2N(C)c3ccccc3C23CCC(=O)N(Cc2ccc(OC)cc2)C3=N1. The molecule has 2 atom stereocenters. The van der Waals surface area contributed by atoms with Crippen molar-refractivity contribution in [1.82, 2.24) is 4.90 Å². The fraction of sp³-hybridized carbons (Fsp3) is 0.333. The number of carbonyl (C=O) groups excluding carboxylic acids is 3. The third kappa shape index (κ3) is 3.30. The average molecular weight is 490 g/mol. The van der Waals surface area contributed by atoms with Gasteiger partial charge in [-0.1, -0.05) is 30.3 Å². The van der Waals surface area contributed by atoms with E-state index in [1.165, 1.54) is 14.2 Å². The van der Waals surface area contributed by atoms with Crippen molar-refractivity contribution in [2.75, 3.05) is 33.3 Å². The predicted octanol–water partition coefficient (Wildman–Crippen LogP) is 2.59. The second-order valence-corrected chi connectivity index (χ2v) is 9.01. The zero-order valence-electron chi connectivity index (χ0n) is 20.6. The summed E-state index contributed by atoms with van der Waals surface area (Å²) >= 11 is 0. The molecule has 2 aromatic carbocycles. The Morgan fingerprint density at radius 2 is 1.72 bits per heavy atom. The van der Waals surface area contributed by atoms with E-state index in [9.17, 15) is 14.4 Å². The van der Waals surface area contributed by atoms with Crippen LogP contribution < -0.4 is 9.64 Å². The Kier molecular flexibility index (Phi) is 5.78. The molecule has 1 spiro atoms. The molecule has 0 saturated carbocycles. The minimum atomic E-state index is -0.827. The van der Waals surface area contributed by atoms with Crippen molar-refractivity contribution in [1.29, 1.82) is 0 Å². The van der Waals surface area contributed by atoms with Crippen LogP contribution in [0.4, 0.5) is 5.69 Å². The maximum Gasteiger partial charge on any atom is 0.357 e. The molecule has 0 aromatic heterocycles. The van der Waals surface area contributed by atoms with Crippen LogP contribution in [0.25, 0.3) is 0 Å². The molecular weight excluding hydrogens is 462 g/mol. The van der Waals surface area contributed by atoms with Crippen molar-refractivity contribution in [2.24, 2.45) is 4.99 Å². The molecule has 1 amide bonds. The third-order valence-corrected chi connectivity index (χ3v) is 7.34. The van der Waals surface area contributed by atoms with E-state index in [-0.39, 0.29) is 30.1 Å². The lowest BCUT2D eigenvalue weighted by Gasteiger charge is -2.48. The molecule has 0 bridgehead atoms. The number of piperidine rings is 1. The molecule has 36 heavy (non-hydrogen) atoms. The lowest BCUT2D eigenvalue weighted by atomic mass is 9.65. The van der Waals surface area contributed by atoms with Gasteiger partial charge >= 0.3 is 11.9 Å². The van der Waals surface area contributed by atoms with Gasteiger partial charge < -0.3 is 19.1 Å². The number of likely N-dealkylation sites (tertiary alicyclic amines) is 1. The number of amidine groups is 1.